The Morgan fingerprint density at radius 1 is 1.19 bits per heavy atom. The van der Waals surface area contributed by atoms with Gasteiger partial charge in [-0.2, -0.15) is 0 Å². The molecule has 0 spiro atoms. The number of alkyl carbamates (subject to hydrolysis) is 1. The van der Waals surface area contributed by atoms with Crippen LogP contribution in [0.25, 0.3) is 0 Å². The summed E-state index contributed by atoms with van der Waals surface area (Å²) in [5, 5.41) is 3.15. The molecule has 2 aromatic rings. The Morgan fingerprint density at radius 2 is 1.81 bits per heavy atom. The highest BCUT2D eigenvalue weighted by Gasteiger charge is 2.20. The summed E-state index contributed by atoms with van der Waals surface area (Å²) in [6.45, 7) is 7.65. The zero-order valence-corrected chi connectivity index (χ0v) is 16.8. The predicted molar refractivity (Wildman–Crippen MR) is 108 cm³/mol. The minimum Gasteiger partial charge on any atom is -0.444 e. The van der Waals surface area contributed by atoms with Gasteiger partial charge >= 0.3 is 6.09 Å². The Morgan fingerprint density at radius 3 is 2.41 bits per heavy atom. The third-order valence-corrected chi connectivity index (χ3v) is 4.26. The van der Waals surface area contributed by atoms with Crippen LogP contribution in [0.5, 0.6) is 0 Å². The van der Waals surface area contributed by atoms with Crippen molar-refractivity contribution >= 4 is 29.2 Å². The van der Waals surface area contributed by atoms with Crippen LogP contribution >= 0.6 is 11.6 Å². The number of hydrogen-bond acceptors (Lipinski definition) is 4. The smallest absolute Gasteiger partial charge is 0.407 e. The number of nitrogens with one attached hydrogen (secondary N) is 1. The van der Waals surface area contributed by atoms with E-state index in [4.69, 9.17) is 22.1 Å². The maximum atomic E-state index is 12.6. The fourth-order valence-corrected chi connectivity index (χ4v) is 2.94. The molecular weight excluding hydrogens is 364 g/mol. The van der Waals surface area contributed by atoms with Crippen LogP contribution in [0.15, 0.2) is 42.5 Å². The minimum absolute atomic E-state index is 0.104. The zero-order chi connectivity index (χ0) is 20.2. The van der Waals surface area contributed by atoms with Gasteiger partial charge in [0.15, 0.2) is 5.78 Å². The van der Waals surface area contributed by atoms with Crippen molar-refractivity contribution in [1.29, 1.82) is 0 Å². The summed E-state index contributed by atoms with van der Waals surface area (Å²) in [7, 11) is 0. The normalized spacial score (nSPS) is 12.3. The van der Waals surface area contributed by atoms with E-state index in [0.29, 0.717) is 28.4 Å². The van der Waals surface area contributed by atoms with Crippen LogP contribution in [0.3, 0.4) is 0 Å². The summed E-state index contributed by atoms with van der Waals surface area (Å²) >= 11 is 6.40. The van der Waals surface area contributed by atoms with Crippen LogP contribution in [0.4, 0.5) is 10.5 Å². The van der Waals surface area contributed by atoms with Gasteiger partial charge < -0.3 is 15.8 Å². The fraction of sp³-hybridized carbons (Fsp3) is 0.333. The number of rotatable bonds is 5. The summed E-state index contributed by atoms with van der Waals surface area (Å²) in [5.74, 6) is -0.283. The molecule has 0 saturated carbocycles. The molecule has 0 saturated heterocycles. The lowest BCUT2D eigenvalue weighted by Crippen LogP contribution is -2.34. The number of ketones is 1. The van der Waals surface area contributed by atoms with Gasteiger partial charge in [0.05, 0.1) is 0 Å². The van der Waals surface area contributed by atoms with Crippen LogP contribution in [0.1, 0.15) is 55.1 Å². The number of anilines is 1. The molecule has 5 nitrogen and oxygen atoms in total. The van der Waals surface area contributed by atoms with Gasteiger partial charge in [0, 0.05) is 34.3 Å². The molecule has 0 fully saturated rings. The first-order chi connectivity index (χ1) is 12.6. The van der Waals surface area contributed by atoms with Crippen molar-refractivity contribution in [1.82, 2.24) is 5.32 Å². The average Bonchev–Trinajstić information content (AvgIpc) is 2.60. The molecule has 3 N–H and O–H groups in total. The highest BCUT2D eigenvalue weighted by Crippen LogP contribution is 2.30. The Labute approximate surface area is 164 Å². The number of ether oxygens (including phenoxy) is 1. The molecule has 1 unspecified atom stereocenters. The third kappa shape index (κ3) is 5.73. The second-order valence-electron chi connectivity index (χ2n) is 7.44. The second kappa shape index (κ2) is 8.44. The number of nitrogens with two attached hydrogens (primary N) is 1. The Kier molecular flexibility index (Phi) is 6.50. The predicted octanol–water partition coefficient (Wildman–Crippen LogP) is 4.78. The van der Waals surface area contributed by atoms with Crippen molar-refractivity contribution in [2.45, 2.75) is 39.2 Å². The highest BCUT2D eigenvalue weighted by atomic mass is 35.5. The van der Waals surface area contributed by atoms with Crippen LogP contribution in [-0.2, 0) is 4.74 Å². The van der Waals surface area contributed by atoms with Gasteiger partial charge in [0.2, 0.25) is 0 Å². The van der Waals surface area contributed by atoms with Gasteiger partial charge in [-0.15, -0.1) is 0 Å². The Hall–Kier alpha value is -2.53. The van der Waals surface area contributed by atoms with Gasteiger partial charge in [-0.1, -0.05) is 48.9 Å². The van der Waals surface area contributed by atoms with Crippen LogP contribution < -0.4 is 11.1 Å². The van der Waals surface area contributed by atoms with Gasteiger partial charge in [-0.05, 0) is 38.5 Å². The first-order valence-electron chi connectivity index (χ1n) is 8.74. The maximum Gasteiger partial charge on any atom is 0.407 e. The summed E-state index contributed by atoms with van der Waals surface area (Å²) < 4.78 is 5.23. The van der Waals surface area contributed by atoms with Crippen molar-refractivity contribution < 1.29 is 14.3 Å². The van der Waals surface area contributed by atoms with E-state index in [9.17, 15) is 9.59 Å². The van der Waals surface area contributed by atoms with Crippen molar-refractivity contribution in [2.75, 3.05) is 12.3 Å². The number of benzene rings is 2. The van der Waals surface area contributed by atoms with Crippen LogP contribution in [-0.4, -0.2) is 24.0 Å². The molecule has 0 heterocycles. The highest BCUT2D eigenvalue weighted by molar-refractivity contribution is 6.32. The lowest BCUT2D eigenvalue weighted by molar-refractivity contribution is 0.0525. The molecule has 0 aromatic heterocycles. The quantitative estimate of drug-likeness (QED) is 0.570. The van der Waals surface area contributed by atoms with Gasteiger partial charge in [0.25, 0.3) is 0 Å². The van der Waals surface area contributed by atoms with E-state index in [1.165, 1.54) is 0 Å². The van der Waals surface area contributed by atoms with E-state index in [1.807, 2.05) is 13.0 Å². The second-order valence-corrected chi connectivity index (χ2v) is 7.85. The average molecular weight is 389 g/mol. The van der Waals surface area contributed by atoms with Crippen molar-refractivity contribution in [3.05, 3.63) is 64.2 Å². The molecule has 1 atom stereocenters. The monoisotopic (exact) mass is 388 g/mol. The Balaban J connectivity index is 2.14. The summed E-state index contributed by atoms with van der Waals surface area (Å²) in [5.41, 5.74) is 7.58. The number of halogens is 1. The first kappa shape index (κ1) is 20.8. The van der Waals surface area contributed by atoms with Crippen molar-refractivity contribution in [3.63, 3.8) is 0 Å². The number of nitrogen functional groups attached to an aromatic ring is 1. The number of amides is 1. The van der Waals surface area contributed by atoms with E-state index in [-0.39, 0.29) is 11.7 Å². The SMILES string of the molecule is CC(CNC(=O)OC(C)(C)C)c1cc(N)c(C(=O)c2ccccc2)cc1Cl. The van der Waals surface area contributed by atoms with Gasteiger partial charge in [-0.3, -0.25) is 4.79 Å². The Bertz CT molecular complexity index is 829. The van der Waals surface area contributed by atoms with Crippen LogP contribution in [0, 0.1) is 0 Å². The number of carbonyl (C=O) groups is 2. The molecule has 0 aliphatic carbocycles. The van der Waals surface area contributed by atoms with E-state index in [1.54, 1.807) is 57.2 Å². The zero-order valence-electron chi connectivity index (χ0n) is 16.0. The lowest BCUT2D eigenvalue weighted by Gasteiger charge is -2.21. The topological polar surface area (TPSA) is 81.4 Å². The molecule has 0 aliphatic heterocycles. The minimum atomic E-state index is -0.561. The number of carbonyl (C=O) groups excluding carboxylic acids is 2. The molecule has 0 aliphatic rings. The summed E-state index contributed by atoms with van der Waals surface area (Å²) in [4.78, 5) is 24.4. The van der Waals surface area contributed by atoms with E-state index >= 15 is 0 Å². The molecular formula is C21H25ClN2O3. The fourth-order valence-electron chi connectivity index (χ4n) is 2.59. The van der Waals surface area contributed by atoms with Crippen molar-refractivity contribution in [2.24, 2.45) is 0 Å². The van der Waals surface area contributed by atoms with Gasteiger partial charge in [-0.25, -0.2) is 4.79 Å². The van der Waals surface area contributed by atoms with E-state index < -0.39 is 11.7 Å². The largest absolute Gasteiger partial charge is 0.444 e. The third-order valence-electron chi connectivity index (χ3n) is 3.93. The molecule has 144 valence electrons. The number of hydrogen-bond donors (Lipinski definition) is 2. The van der Waals surface area contributed by atoms with Crippen molar-refractivity contribution in [3.8, 4) is 0 Å². The lowest BCUT2D eigenvalue weighted by atomic mass is 9.95. The first-order valence-corrected chi connectivity index (χ1v) is 9.12. The van der Waals surface area contributed by atoms with Crippen LogP contribution in [0.2, 0.25) is 5.02 Å². The van der Waals surface area contributed by atoms with Gasteiger partial charge in [0.1, 0.15) is 5.60 Å². The standard InChI is InChI=1S/C21H25ClN2O3/c1-13(12-24-20(26)27-21(2,3)4)15-11-18(23)16(10-17(15)22)19(25)14-8-6-5-7-9-14/h5-11,13H,12,23H2,1-4H3,(H,24,26). The molecule has 2 aromatic carbocycles. The molecule has 0 bridgehead atoms. The van der Waals surface area contributed by atoms with E-state index in [0.717, 1.165) is 5.56 Å². The molecule has 0 radical (unpaired) electrons. The molecule has 2 rings (SSSR count). The summed E-state index contributed by atoms with van der Waals surface area (Å²) in [6.07, 6.45) is -0.491. The summed E-state index contributed by atoms with van der Waals surface area (Å²) in [6, 6.07) is 12.2. The van der Waals surface area contributed by atoms with E-state index in [2.05, 4.69) is 5.32 Å². The molecule has 1 amide bonds. The maximum absolute atomic E-state index is 12.6. The molecule has 6 heteroatoms. The molecule has 27 heavy (non-hydrogen) atoms.